The molecule has 4 rings (SSSR count). The van der Waals surface area contributed by atoms with Gasteiger partial charge in [0.1, 0.15) is 6.10 Å². The van der Waals surface area contributed by atoms with Crippen LogP contribution in [0.1, 0.15) is 32.1 Å². The molecule has 0 aromatic rings. The number of aliphatic hydroxyl groups excluding tert-OH is 1. The second-order valence-electron chi connectivity index (χ2n) is 5.73. The highest BCUT2D eigenvalue weighted by Gasteiger charge is 2.52. The smallest absolute Gasteiger partial charge is 0.164 e. The number of rotatable bonds is 0. The molecule has 0 amide bonds. The van der Waals surface area contributed by atoms with Crippen LogP contribution in [-0.4, -0.2) is 28.7 Å². The van der Waals surface area contributed by atoms with Gasteiger partial charge in [-0.3, -0.25) is 4.79 Å². The normalized spacial score (nSPS) is 47.4. The van der Waals surface area contributed by atoms with Crippen LogP contribution in [0, 0.1) is 5.92 Å². The van der Waals surface area contributed by atoms with Crippen molar-refractivity contribution < 1.29 is 14.6 Å². The van der Waals surface area contributed by atoms with Gasteiger partial charge in [-0.1, -0.05) is 12.2 Å². The first-order chi connectivity index (χ1) is 8.20. The van der Waals surface area contributed by atoms with Crippen molar-refractivity contribution >= 4 is 5.78 Å². The SMILES string of the molecule is O=C1C[C@H](O)C2=C1[C@H]1C=C[C@]3(CCC[C@H]3C2)O1. The van der Waals surface area contributed by atoms with E-state index >= 15 is 0 Å². The van der Waals surface area contributed by atoms with Crippen LogP contribution in [0.4, 0.5) is 0 Å². The molecule has 2 aliphatic carbocycles. The van der Waals surface area contributed by atoms with Crippen LogP contribution in [0.5, 0.6) is 0 Å². The number of ether oxygens (including phenoxy) is 1. The lowest BCUT2D eigenvalue weighted by atomic mass is 9.83. The van der Waals surface area contributed by atoms with Crippen LogP contribution in [0.3, 0.4) is 0 Å². The Kier molecular flexibility index (Phi) is 1.82. The van der Waals surface area contributed by atoms with Gasteiger partial charge in [-0.25, -0.2) is 0 Å². The minimum Gasteiger partial charge on any atom is -0.388 e. The van der Waals surface area contributed by atoms with Gasteiger partial charge in [-0.05, 0) is 37.2 Å². The van der Waals surface area contributed by atoms with Crippen molar-refractivity contribution in [1.29, 1.82) is 0 Å². The Bertz CT molecular complexity index is 462. The summed E-state index contributed by atoms with van der Waals surface area (Å²) >= 11 is 0. The van der Waals surface area contributed by atoms with Crippen LogP contribution in [0.2, 0.25) is 0 Å². The van der Waals surface area contributed by atoms with Gasteiger partial charge < -0.3 is 9.84 Å². The van der Waals surface area contributed by atoms with E-state index in [4.69, 9.17) is 4.74 Å². The quantitative estimate of drug-likeness (QED) is 0.644. The lowest BCUT2D eigenvalue weighted by Gasteiger charge is -2.29. The Balaban J connectivity index is 1.84. The highest BCUT2D eigenvalue weighted by atomic mass is 16.5. The van der Waals surface area contributed by atoms with E-state index in [2.05, 4.69) is 6.08 Å². The molecule has 4 aliphatic rings. The highest BCUT2D eigenvalue weighted by molar-refractivity contribution is 6.01. The minimum absolute atomic E-state index is 0.0826. The molecule has 2 aliphatic heterocycles. The predicted octanol–water partition coefficient (Wildman–Crippen LogP) is 1.51. The van der Waals surface area contributed by atoms with Crippen LogP contribution in [0.25, 0.3) is 0 Å². The molecule has 4 atom stereocenters. The third kappa shape index (κ3) is 1.16. The van der Waals surface area contributed by atoms with Crippen molar-refractivity contribution in [2.75, 3.05) is 0 Å². The van der Waals surface area contributed by atoms with E-state index in [1.54, 1.807) is 0 Å². The first kappa shape index (κ1) is 10.0. The van der Waals surface area contributed by atoms with Gasteiger partial charge in [-0.2, -0.15) is 0 Å². The minimum atomic E-state index is -0.550. The third-order valence-corrected chi connectivity index (χ3v) is 4.89. The molecule has 3 heteroatoms. The van der Waals surface area contributed by atoms with Crippen molar-refractivity contribution in [3.8, 4) is 0 Å². The van der Waals surface area contributed by atoms with E-state index in [1.807, 2.05) is 6.08 Å². The maximum Gasteiger partial charge on any atom is 0.164 e. The number of aliphatic hydroxyl groups is 1. The van der Waals surface area contributed by atoms with Gasteiger partial charge in [0.25, 0.3) is 0 Å². The van der Waals surface area contributed by atoms with Crippen molar-refractivity contribution in [2.24, 2.45) is 5.92 Å². The van der Waals surface area contributed by atoms with E-state index < -0.39 is 6.10 Å². The molecule has 0 radical (unpaired) electrons. The van der Waals surface area contributed by atoms with Crippen LogP contribution in [0.15, 0.2) is 23.3 Å². The molecule has 0 aromatic carbocycles. The third-order valence-electron chi connectivity index (χ3n) is 4.89. The Hall–Kier alpha value is -0.930. The maximum atomic E-state index is 11.9. The van der Waals surface area contributed by atoms with E-state index in [1.165, 1.54) is 6.42 Å². The summed E-state index contributed by atoms with van der Waals surface area (Å²) in [6.07, 6.45) is 7.99. The zero-order valence-corrected chi connectivity index (χ0v) is 9.69. The van der Waals surface area contributed by atoms with Gasteiger partial charge in [0.15, 0.2) is 5.78 Å². The van der Waals surface area contributed by atoms with E-state index in [0.717, 1.165) is 30.4 Å². The molecule has 1 fully saturated rings. The Morgan fingerprint density at radius 1 is 1.41 bits per heavy atom. The maximum absolute atomic E-state index is 11.9. The fourth-order valence-electron chi connectivity index (χ4n) is 4.06. The average Bonchev–Trinajstić information content (AvgIpc) is 2.90. The van der Waals surface area contributed by atoms with Gasteiger partial charge in [0.2, 0.25) is 0 Å². The Morgan fingerprint density at radius 3 is 3.18 bits per heavy atom. The molecule has 2 bridgehead atoms. The van der Waals surface area contributed by atoms with Crippen molar-refractivity contribution in [3.63, 3.8) is 0 Å². The summed E-state index contributed by atoms with van der Waals surface area (Å²) in [6, 6.07) is 0. The summed E-state index contributed by atoms with van der Waals surface area (Å²) in [5.74, 6) is 0.538. The molecule has 0 unspecified atom stereocenters. The van der Waals surface area contributed by atoms with Crippen molar-refractivity contribution in [3.05, 3.63) is 23.3 Å². The van der Waals surface area contributed by atoms with Crippen molar-refractivity contribution in [2.45, 2.75) is 49.9 Å². The zero-order chi connectivity index (χ0) is 11.6. The monoisotopic (exact) mass is 232 g/mol. The van der Waals surface area contributed by atoms with E-state index in [9.17, 15) is 9.90 Å². The molecular formula is C14H16O3. The molecule has 1 spiro atoms. The van der Waals surface area contributed by atoms with Crippen LogP contribution >= 0.6 is 0 Å². The zero-order valence-electron chi connectivity index (χ0n) is 9.69. The number of hydrogen-bond acceptors (Lipinski definition) is 3. The number of hydrogen-bond donors (Lipinski definition) is 1. The molecular weight excluding hydrogens is 216 g/mol. The fraction of sp³-hybridized carbons (Fsp3) is 0.643. The topological polar surface area (TPSA) is 46.5 Å². The predicted molar refractivity (Wildman–Crippen MR) is 61.4 cm³/mol. The van der Waals surface area contributed by atoms with E-state index in [-0.39, 0.29) is 23.9 Å². The summed E-state index contributed by atoms with van der Waals surface area (Å²) in [5, 5.41) is 10.0. The summed E-state index contributed by atoms with van der Waals surface area (Å²) in [5.41, 5.74) is 1.60. The Morgan fingerprint density at radius 2 is 2.29 bits per heavy atom. The standard InChI is InChI=1S/C14H16O3/c15-10-7-11(16)13-9(10)6-8-2-1-4-14(8)5-3-12(13)17-14/h3,5,8,10,12,15H,1-2,4,6-7H2/t8-,10-,12+,14-/m0/s1. The molecule has 90 valence electrons. The van der Waals surface area contributed by atoms with E-state index in [0.29, 0.717) is 5.92 Å². The van der Waals surface area contributed by atoms with Crippen LogP contribution < -0.4 is 0 Å². The van der Waals surface area contributed by atoms with Gasteiger partial charge in [-0.15, -0.1) is 0 Å². The first-order valence-corrected chi connectivity index (χ1v) is 6.51. The molecule has 0 aromatic heterocycles. The summed E-state index contributed by atoms with van der Waals surface area (Å²) in [4.78, 5) is 11.9. The summed E-state index contributed by atoms with van der Waals surface area (Å²) in [6.45, 7) is 0. The van der Waals surface area contributed by atoms with Gasteiger partial charge >= 0.3 is 0 Å². The number of Topliss-reactive ketones (excluding diaryl/α,β-unsaturated/α-hetero) is 1. The largest absolute Gasteiger partial charge is 0.388 e. The second-order valence-corrected chi connectivity index (χ2v) is 5.73. The summed E-state index contributed by atoms with van der Waals surface area (Å²) in [7, 11) is 0. The second kappa shape index (κ2) is 3.09. The molecule has 17 heavy (non-hydrogen) atoms. The van der Waals surface area contributed by atoms with Gasteiger partial charge in [0.05, 0.1) is 11.7 Å². The number of carbonyl (C=O) groups is 1. The lowest BCUT2D eigenvalue weighted by Crippen LogP contribution is -2.33. The molecule has 2 heterocycles. The van der Waals surface area contributed by atoms with Crippen LogP contribution in [-0.2, 0) is 9.53 Å². The molecule has 3 nitrogen and oxygen atoms in total. The number of carbonyl (C=O) groups excluding carboxylic acids is 1. The van der Waals surface area contributed by atoms with Gasteiger partial charge in [0, 0.05) is 12.0 Å². The molecule has 1 N–H and O–H groups in total. The Labute approximate surface area is 100 Å². The summed E-state index contributed by atoms with van der Waals surface area (Å²) < 4.78 is 6.17. The number of ketones is 1. The lowest BCUT2D eigenvalue weighted by molar-refractivity contribution is -0.117. The highest BCUT2D eigenvalue weighted by Crippen LogP contribution is 2.52. The molecule has 0 saturated heterocycles. The first-order valence-electron chi connectivity index (χ1n) is 6.51. The van der Waals surface area contributed by atoms with Crippen molar-refractivity contribution in [1.82, 2.24) is 0 Å². The fourth-order valence-corrected chi connectivity index (χ4v) is 4.06. The molecule has 1 saturated carbocycles. The average molecular weight is 232 g/mol. The number of fused-ring (bicyclic) bond motifs is 2.